The normalized spacial score (nSPS) is 16.6. The molecule has 0 bridgehead atoms. The highest BCUT2D eigenvalue weighted by atomic mass is 32.2. The van der Waals surface area contributed by atoms with E-state index in [4.69, 9.17) is 4.52 Å². The minimum atomic E-state index is -3.54. The van der Waals surface area contributed by atoms with E-state index in [9.17, 15) is 8.42 Å². The van der Waals surface area contributed by atoms with Gasteiger partial charge in [-0.3, -0.25) is 4.90 Å². The molecule has 5 rings (SSSR count). The first kappa shape index (κ1) is 22.9. The number of aromatic nitrogens is 3. The third-order valence-electron chi connectivity index (χ3n) is 5.84. The smallest absolute Gasteiger partial charge is 0.252 e. The van der Waals surface area contributed by atoms with Gasteiger partial charge in [-0.1, -0.05) is 17.3 Å². The molecule has 0 saturated carbocycles. The molecule has 1 aromatic carbocycles. The van der Waals surface area contributed by atoms with E-state index >= 15 is 0 Å². The first-order valence-electron chi connectivity index (χ1n) is 11.1. The van der Waals surface area contributed by atoms with Crippen LogP contribution in [-0.2, 0) is 10.0 Å². The molecule has 1 aliphatic rings. The molecule has 0 amide bonds. The first-order chi connectivity index (χ1) is 16.4. The molecule has 1 saturated heterocycles. The molecule has 34 heavy (non-hydrogen) atoms. The maximum atomic E-state index is 13.2. The zero-order valence-corrected chi connectivity index (χ0v) is 20.6. The van der Waals surface area contributed by atoms with Gasteiger partial charge in [0.1, 0.15) is 16.4 Å². The predicted octanol–water partition coefficient (Wildman–Crippen LogP) is 3.46. The van der Waals surface area contributed by atoms with Crippen molar-refractivity contribution in [2.75, 3.05) is 38.0 Å². The zero-order valence-electron chi connectivity index (χ0n) is 19.0. The van der Waals surface area contributed by atoms with Crippen LogP contribution in [0, 0.1) is 6.92 Å². The van der Waals surface area contributed by atoms with Gasteiger partial charge in [0.15, 0.2) is 5.76 Å². The van der Waals surface area contributed by atoms with Crippen molar-refractivity contribution in [2.24, 2.45) is 0 Å². The monoisotopic (exact) mass is 498 g/mol. The quantitative estimate of drug-likeness (QED) is 0.413. The zero-order chi connectivity index (χ0) is 23.7. The van der Waals surface area contributed by atoms with Gasteiger partial charge in [0.05, 0.1) is 16.1 Å². The molecule has 178 valence electrons. The Kier molecular flexibility index (Phi) is 6.34. The van der Waals surface area contributed by atoms with Crippen LogP contribution in [0.15, 0.2) is 57.5 Å². The van der Waals surface area contributed by atoms with Crippen LogP contribution >= 0.6 is 11.3 Å². The van der Waals surface area contributed by atoms with Gasteiger partial charge in [0.25, 0.3) is 10.0 Å². The molecule has 1 atom stereocenters. The van der Waals surface area contributed by atoms with E-state index in [-0.39, 0.29) is 6.04 Å². The van der Waals surface area contributed by atoms with Crippen molar-refractivity contribution in [1.29, 1.82) is 0 Å². The van der Waals surface area contributed by atoms with Gasteiger partial charge in [-0.15, -0.1) is 11.3 Å². The lowest BCUT2D eigenvalue weighted by Gasteiger charge is -2.35. The molecule has 4 aromatic rings. The SMILES string of the molecule is Cc1cc(-c2ccc(S(=O)(=O)N3CCN(C[C@H](C)Nc4ncnc5ccccc45)CC3)s2)on1. The second-order valence-corrected chi connectivity index (χ2v) is 11.7. The van der Waals surface area contributed by atoms with Gasteiger partial charge >= 0.3 is 0 Å². The lowest BCUT2D eigenvalue weighted by molar-refractivity contribution is 0.184. The highest BCUT2D eigenvalue weighted by Gasteiger charge is 2.30. The predicted molar refractivity (Wildman–Crippen MR) is 132 cm³/mol. The van der Waals surface area contributed by atoms with Crippen molar-refractivity contribution in [2.45, 2.75) is 24.1 Å². The van der Waals surface area contributed by atoms with Crippen molar-refractivity contribution in [1.82, 2.24) is 24.3 Å². The summed E-state index contributed by atoms with van der Waals surface area (Å²) in [5.74, 6) is 1.40. The van der Waals surface area contributed by atoms with Crippen LogP contribution in [0.3, 0.4) is 0 Å². The molecule has 1 fully saturated rings. The molecule has 11 heteroatoms. The molecule has 0 aliphatic carbocycles. The fourth-order valence-electron chi connectivity index (χ4n) is 4.14. The summed E-state index contributed by atoms with van der Waals surface area (Å²) in [6.45, 7) is 7.01. The van der Waals surface area contributed by atoms with Crippen LogP contribution in [0.5, 0.6) is 0 Å². The summed E-state index contributed by atoms with van der Waals surface area (Å²) in [6, 6.07) is 13.3. The van der Waals surface area contributed by atoms with Gasteiger partial charge in [-0.2, -0.15) is 4.31 Å². The molecule has 1 N–H and O–H groups in total. The highest BCUT2D eigenvalue weighted by molar-refractivity contribution is 7.91. The number of hydrogen-bond acceptors (Lipinski definition) is 9. The number of hydrogen-bond donors (Lipinski definition) is 1. The Labute approximate surface area is 202 Å². The van der Waals surface area contributed by atoms with Crippen LogP contribution in [0.25, 0.3) is 21.5 Å². The summed E-state index contributed by atoms with van der Waals surface area (Å²) >= 11 is 1.21. The van der Waals surface area contributed by atoms with E-state index in [2.05, 4.69) is 32.3 Å². The van der Waals surface area contributed by atoms with E-state index in [1.54, 1.807) is 28.8 Å². The number of thiophene rings is 1. The van der Waals surface area contributed by atoms with Crippen molar-refractivity contribution in [3.05, 3.63) is 54.5 Å². The fraction of sp³-hybridized carbons (Fsp3) is 0.348. The van der Waals surface area contributed by atoms with Gasteiger partial charge in [0, 0.05) is 50.2 Å². The van der Waals surface area contributed by atoms with Crippen molar-refractivity contribution < 1.29 is 12.9 Å². The summed E-state index contributed by atoms with van der Waals surface area (Å²) in [7, 11) is -3.54. The maximum absolute atomic E-state index is 13.2. The Morgan fingerprint density at radius 1 is 1.12 bits per heavy atom. The lowest BCUT2D eigenvalue weighted by Crippen LogP contribution is -2.50. The van der Waals surface area contributed by atoms with E-state index < -0.39 is 10.0 Å². The number of sulfonamides is 1. The average molecular weight is 499 g/mol. The Balaban J connectivity index is 1.18. The van der Waals surface area contributed by atoms with Crippen LogP contribution in [0.2, 0.25) is 0 Å². The molecule has 0 spiro atoms. The Morgan fingerprint density at radius 3 is 2.68 bits per heavy atom. The van der Waals surface area contributed by atoms with Crippen LogP contribution in [-0.4, -0.2) is 71.5 Å². The largest absolute Gasteiger partial charge is 0.366 e. The molecule has 0 radical (unpaired) electrons. The Hall–Kier alpha value is -2.86. The van der Waals surface area contributed by atoms with Crippen LogP contribution in [0.1, 0.15) is 12.6 Å². The first-order valence-corrected chi connectivity index (χ1v) is 13.4. The second-order valence-electron chi connectivity index (χ2n) is 8.44. The minimum absolute atomic E-state index is 0.145. The third kappa shape index (κ3) is 4.69. The van der Waals surface area contributed by atoms with Gasteiger partial charge < -0.3 is 9.84 Å². The molecular weight excluding hydrogens is 472 g/mol. The summed E-state index contributed by atoms with van der Waals surface area (Å²) in [5.41, 5.74) is 1.67. The van der Waals surface area contributed by atoms with Gasteiger partial charge in [-0.05, 0) is 38.1 Å². The summed E-state index contributed by atoms with van der Waals surface area (Å²) < 4.78 is 33.5. The standard InChI is InChI=1S/C23H26N6O3S2/c1-16-13-20(32-27-16)21-7-8-22(33-21)34(30,31)29-11-9-28(10-12-29)14-17(2)26-23-18-5-3-4-6-19(18)24-15-25-23/h3-8,13,15,17H,9-12,14H2,1-2H3,(H,24,25,26)/t17-/m0/s1. The molecule has 4 heterocycles. The van der Waals surface area contributed by atoms with Crippen molar-refractivity contribution in [3.63, 3.8) is 0 Å². The molecule has 9 nitrogen and oxygen atoms in total. The number of anilines is 1. The summed E-state index contributed by atoms with van der Waals surface area (Å²) in [6.07, 6.45) is 1.57. The van der Waals surface area contributed by atoms with Crippen molar-refractivity contribution >= 4 is 38.1 Å². The van der Waals surface area contributed by atoms with Crippen LogP contribution < -0.4 is 5.32 Å². The number of nitrogens with zero attached hydrogens (tertiary/aromatic N) is 5. The number of benzene rings is 1. The number of aryl methyl sites for hydroxylation is 1. The van der Waals surface area contributed by atoms with E-state index in [1.165, 1.54) is 11.3 Å². The van der Waals surface area contributed by atoms with E-state index in [0.717, 1.165) is 33.8 Å². The molecule has 0 unspecified atom stereocenters. The molecular formula is C23H26N6O3S2. The lowest BCUT2D eigenvalue weighted by atomic mass is 10.2. The Bertz CT molecular complexity index is 1390. The minimum Gasteiger partial charge on any atom is -0.366 e. The number of para-hydroxylation sites is 1. The Morgan fingerprint density at radius 2 is 1.91 bits per heavy atom. The number of nitrogens with one attached hydrogen (secondary N) is 1. The maximum Gasteiger partial charge on any atom is 0.252 e. The van der Waals surface area contributed by atoms with E-state index in [0.29, 0.717) is 36.1 Å². The van der Waals surface area contributed by atoms with Gasteiger partial charge in [0.2, 0.25) is 0 Å². The van der Waals surface area contributed by atoms with Gasteiger partial charge in [-0.25, -0.2) is 18.4 Å². The molecule has 1 aliphatic heterocycles. The molecule has 3 aromatic heterocycles. The number of fused-ring (bicyclic) bond motifs is 1. The average Bonchev–Trinajstić information content (AvgIpc) is 3.49. The van der Waals surface area contributed by atoms with Crippen LogP contribution in [0.4, 0.5) is 5.82 Å². The fourth-order valence-corrected chi connectivity index (χ4v) is 6.97. The highest BCUT2D eigenvalue weighted by Crippen LogP contribution is 2.33. The topological polar surface area (TPSA) is 104 Å². The summed E-state index contributed by atoms with van der Waals surface area (Å²) in [4.78, 5) is 11.8. The number of piperazine rings is 1. The third-order valence-corrected chi connectivity index (χ3v) is 9.30. The second kappa shape index (κ2) is 9.41. The van der Waals surface area contributed by atoms with Crippen molar-refractivity contribution in [3.8, 4) is 10.6 Å². The number of rotatable bonds is 7. The summed E-state index contributed by atoms with van der Waals surface area (Å²) in [5, 5.41) is 8.35. The van der Waals surface area contributed by atoms with E-state index in [1.807, 2.05) is 31.2 Å².